The van der Waals surface area contributed by atoms with Crippen LogP contribution in [0.15, 0.2) is 0 Å². The fraction of sp³-hybridized carbons (Fsp3) is 0.929. The van der Waals surface area contributed by atoms with Gasteiger partial charge in [-0.3, -0.25) is 9.69 Å². The zero-order valence-corrected chi connectivity index (χ0v) is 11.7. The Morgan fingerprint density at radius 2 is 2.00 bits per heavy atom. The highest BCUT2D eigenvalue weighted by Crippen LogP contribution is 2.23. The van der Waals surface area contributed by atoms with Crippen LogP contribution in [0, 0.1) is 5.92 Å². The van der Waals surface area contributed by atoms with Crippen molar-refractivity contribution in [2.75, 3.05) is 26.2 Å². The number of carbonyl (C=O) groups is 1. The zero-order chi connectivity index (χ0) is 13.0. The average molecular weight is 253 g/mol. The van der Waals surface area contributed by atoms with Gasteiger partial charge in [0.25, 0.3) is 0 Å². The molecule has 1 aliphatic heterocycles. The van der Waals surface area contributed by atoms with E-state index in [2.05, 4.69) is 29.4 Å². The summed E-state index contributed by atoms with van der Waals surface area (Å²) in [4.78, 5) is 14.2. The smallest absolute Gasteiger partial charge is 0.234 e. The third-order valence-electron chi connectivity index (χ3n) is 4.20. The summed E-state index contributed by atoms with van der Waals surface area (Å²) in [6, 6.07) is 0.927. The first kappa shape index (κ1) is 13.8. The maximum atomic E-state index is 12.0. The number of hydrogen-bond acceptors (Lipinski definition) is 3. The highest BCUT2D eigenvalue weighted by Gasteiger charge is 2.22. The first-order chi connectivity index (χ1) is 8.63. The van der Waals surface area contributed by atoms with E-state index in [4.69, 9.17) is 0 Å². The monoisotopic (exact) mass is 253 g/mol. The van der Waals surface area contributed by atoms with Crippen LogP contribution in [0.25, 0.3) is 0 Å². The quantitative estimate of drug-likeness (QED) is 0.788. The topological polar surface area (TPSA) is 44.4 Å². The number of piperazine rings is 1. The molecular weight excluding hydrogens is 226 g/mol. The molecular formula is C14H27N3O. The fourth-order valence-electron chi connectivity index (χ4n) is 3.04. The van der Waals surface area contributed by atoms with Gasteiger partial charge in [-0.25, -0.2) is 0 Å². The van der Waals surface area contributed by atoms with Crippen LogP contribution in [-0.2, 0) is 4.79 Å². The van der Waals surface area contributed by atoms with Crippen molar-refractivity contribution in [3.63, 3.8) is 0 Å². The van der Waals surface area contributed by atoms with E-state index in [-0.39, 0.29) is 5.91 Å². The second-order valence-corrected chi connectivity index (χ2v) is 6.11. The Morgan fingerprint density at radius 1 is 1.28 bits per heavy atom. The summed E-state index contributed by atoms with van der Waals surface area (Å²) in [7, 11) is 0. The molecule has 0 unspecified atom stereocenters. The highest BCUT2D eigenvalue weighted by atomic mass is 16.2. The lowest BCUT2D eigenvalue weighted by atomic mass is 9.87. The minimum atomic E-state index is 0.212. The molecule has 4 heteroatoms. The standard InChI is InChI=1S/C14H27N3O/c1-11-3-5-13(6-4-11)16-14(18)10-17-8-7-15-12(2)9-17/h11-13,15H,3-10H2,1-2H3,(H,16,18)/t11?,12-,13?/m1/s1. The predicted octanol–water partition coefficient (Wildman–Crippen LogP) is 0.975. The second kappa shape index (κ2) is 6.53. The lowest BCUT2D eigenvalue weighted by Gasteiger charge is -2.32. The van der Waals surface area contributed by atoms with Gasteiger partial charge in [0.2, 0.25) is 5.91 Å². The number of amides is 1. The molecule has 0 bridgehead atoms. The number of carbonyl (C=O) groups excluding carboxylic acids is 1. The normalized spacial score (nSPS) is 34.2. The molecule has 2 fully saturated rings. The van der Waals surface area contributed by atoms with Gasteiger partial charge in [0.1, 0.15) is 0 Å². The van der Waals surface area contributed by atoms with E-state index in [1.165, 1.54) is 12.8 Å². The van der Waals surface area contributed by atoms with Crippen LogP contribution in [0.5, 0.6) is 0 Å². The van der Waals surface area contributed by atoms with Crippen LogP contribution in [0.3, 0.4) is 0 Å². The Hall–Kier alpha value is -0.610. The van der Waals surface area contributed by atoms with Gasteiger partial charge in [0.05, 0.1) is 6.54 Å². The Kier molecular flexibility index (Phi) is 5.01. The Bertz CT molecular complexity index is 274. The Morgan fingerprint density at radius 3 is 2.67 bits per heavy atom. The van der Waals surface area contributed by atoms with E-state index >= 15 is 0 Å². The van der Waals surface area contributed by atoms with Crippen LogP contribution in [0.1, 0.15) is 39.5 Å². The summed E-state index contributed by atoms with van der Waals surface area (Å²) >= 11 is 0. The minimum Gasteiger partial charge on any atom is -0.352 e. The van der Waals surface area contributed by atoms with E-state index in [0.717, 1.165) is 38.4 Å². The van der Waals surface area contributed by atoms with Gasteiger partial charge >= 0.3 is 0 Å². The van der Waals surface area contributed by atoms with Crippen LogP contribution in [0.4, 0.5) is 0 Å². The Labute approximate surface area is 110 Å². The highest BCUT2D eigenvalue weighted by molar-refractivity contribution is 5.78. The van der Waals surface area contributed by atoms with Crippen molar-refractivity contribution in [2.45, 2.75) is 51.6 Å². The fourth-order valence-corrected chi connectivity index (χ4v) is 3.04. The molecule has 104 valence electrons. The molecule has 1 atom stereocenters. The summed E-state index contributed by atoms with van der Waals surface area (Å²) in [6.45, 7) is 8.01. The first-order valence-electron chi connectivity index (χ1n) is 7.38. The van der Waals surface area contributed by atoms with Crippen LogP contribution < -0.4 is 10.6 Å². The maximum Gasteiger partial charge on any atom is 0.234 e. The summed E-state index contributed by atoms with van der Waals surface area (Å²) in [6.07, 6.45) is 4.83. The van der Waals surface area contributed by atoms with Gasteiger partial charge in [-0.2, -0.15) is 0 Å². The molecule has 1 amide bonds. The number of rotatable bonds is 3. The number of hydrogen-bond donors (Lipinski definition) is 2. The van der Waals surface area contributed by atoms with Crippen molar-refractivity contribution in [2.24, 2.45) is 5.92 Å². The SMILES string of the molecule is CC1CCC(NC(=O)CN2CCN[C@H](C)C2)CC1. The van der Waals surface area contributed by atoms with Crippen molar-refractivity contribution in [1.29, 1.82) is 0 Å². The second-order valence-electron chi connectivity index (χ2n) is 6.11. The lowest BCUT2D eigenvalue weighted by molar-refractivity contribution is -0.123. The van der Waals surface area contributed by atoms with Crippen molar-refractivity contribution in [3.8, 4) is 0 Å². The molecule has 0 radical (unpaired) electrons. The van der Waals surface area contributed by atoms with Gasteiger partial charge in [-0.15, -0.1) is 0 Å². The zero-order valence-electron chi connectivity index (χ0n) is 11.7. The molecule has 0 spiro atoms. The maximum absolute atomic E-state index is 12.0. The molecule has 1 saturated heterocycles. The van der Waals surface area contributed by atoms with E-state index < -0.39 is 0 Å². The van der Waals surface area contributed by atoms with E-state index in [9.17, 15) is 4.79 Å². The lowest BCUT2D eigenvalue weighted by Crippen LogP contribution is -2.52. The molecule has 1 aliphatic carbocycles. The van der Waals surface area contributed by atoms with E-state index in [0.29, 0.717) is 18.6 Å². The van der Waals surface area contributed by atoms with Crippen molar-refractivity contribution < 1.29 is 4.79 Å². The van der Waals surface area contributed by atoms with Gasteiger partial charge in [-0.1, -0.05) is 6.92 Å². The number of nitrogens with zero attached hydrogens (tertiary/aromatic N) is 1. The minimum absolute atomic E-state index is 0.212. The van der Waals surface area contributed by atoms with Crippen LogP contribution in [-0.4, -0.2) is 49.1 Å². The summed E-state index contributed by atoms with van der Waals surface area (Å²) < 4.78 is 0. The van der Waals surface area contributed by atoms with Crippen LogP contribution >= 0.6 is 0 Å². The molecule has 0 aromatic carbocycles. The number of nitrogens with one attached hydrogen (secondary N) is 2. The van der Waals surface area contributed by atoms with E-state index in [1.807, 2.05) is 0 Å². The molecule has 1 saturated carbocycles. The molecule has 2 aliphatic rings. The Balaban J connectivity index is 1.68. The van der Waals surface area contributed by atoms with Crippen molar-refractivity contribution in [3.05, 3.63) is 0 Å². The van der Waals surface area contributed by atoms with Gasteiger partial charge in [0.15, 0.2) is 0 Å². The van der Waals surface area contributed by atoms with Gasteiger partial charge < -0.3 is 10.6 Å². The molecule has 2 rings (SSSR count). The van der Waals surface area contributed by atoms with Crippen LogP contribution in [0.2, 0.25) is 0 Å². The molecule has 1 heterocycles. The molecule has 2 N–H and O–H groups in total. The third kappa shape index (κ3) is 4.25. The summed E-state index contributed by atoms with van der Waals surface area (Å²) in [5.74, 6) is 1.05. The third-order valence-corrected chi connectivity index (χ3v) is 4.20. The molecule has 18 heavy (non-hydrogen) atoms. The van der Waals surface area contributed by atoms with E-state index in [1.54, 1.807) is 0 Å². The van der Waals surface area contributed by atoms with Crippen molar-refractivity contribution in [1.82, 2.24) is 15.5 Å². The molecule has 0 aromatic rings. The average Bonchev–Trinajstić information content (AvgIpc) is 2.32. The first-order valence-corrected chi connectivity index (χ1v) is 7.38. The van der Waals surface area contributed by atoms with Crippen molar-refractivity contribution >= 4 is 5.91 Å². The predicted molar refractivity (Wildman–Crippen MR) is 73.5 cm³/mol. The molecule has 4 nitrogen and oxygen atoms in total. The summed E-state index contributed by atoms with van der Waals surface area (Å²) in [5.41, 5.74) is 0. The summed E-state index contributed by atoms with van der Waals surface area (Å²) in [5, 5.41) is 6.60. The van der Waals surface area contributed by atoms with Gasteiger partial charge in [0, 0.05) is 31.7 Å². The van der Waals surface area contributed by atoms with Gasteiger partial charge in [-0.05, 0) is 38.5 Å². The molecule has 0 aromatic heterocycles. The largest absolute Gasteiger partial charge is 0.352 e.